The molecule has 7 heteroatoms. The van der Waals surface area contributed by atoms with Crippen molar-refractivity contribution >= 4 is 34.7 Å². The van der Waals surface area contributed by atoms with E-state index in [1.165, 1.54) is 17.0 Å². The molecule has 37 heavy (non-hydrogen) atoms. The Hall–Kier alpha value is -3.64. The predicted molar refractivity (Wildman–Crippen MR) is 144 cm³/mol. The van der Waals surface area contributed by atoms with E-state index in [0.717, 1.165) is 11.6 Å². The number of rotatable bonds is 5. The fraction of sp³-hybridized carbons (Fsp3) is 0.267. The first-order valence-corrected chi connectivity index (χ1v) is 12.4. The lowest BCUT2D eigenvalue weighted by atomic mass is 9.85. The quantitative estimate of drug-likeness (QED) is 0.219. The van der Waals surface area contributed by atoms with E-state index in [2.05, 4.69) is 20.8 Å². The minimum Gasteiger partial charge on any atom is -0.507 e. The number of hydrogen-bond donors (Lipinski definition) is 1. The molecular formula is C30H29ClFNO4. The molecule has 1 heterocycles. The smallest absolute Gasteiger partial charge is 0.300 e. The van der Waals surface area contributed by atoms with E-state index in [1.807, 2.05) is 38.1 Å². The zero-order valence-electron chi connectivity index (χ0n) is 21.4. The van der Waals surface area contributed by atoms with Gasteiger partial charge in [0.2, 0.25) is 0 Å². The fourth-order valence-electron chi connectivity index (χ4n) is 4.33. The highest BCUT2D eigenvalue weighted by Crippen LogP contribution is 2.43. The van der Waals surface area contributed by atoms with Crippen LogP contribution in [0.3, 0.4) is 0 Å². The lowest BCUT2D eigenvalue weighted by Gasteiger charge is -2.27. The molecule has 0 saturated carbocycles. The summed E-state index contributed by atoms with van der Waals surface area (Å²) >= 11 is 6.02. The van der Waals surface area contributed by atoms with Gasteiger partial charge < -0.3 is 9.84 Å². The summed E-state index contributed by atoms with van der Waals surface area (Å²) in [5, 5.41) is 11.1. The van der Waals surface area contributed by atoms with Gasteiger partial charge in [-0.2, -0.15) is 0 Å². The maximum Gasteiger partial charge on any atom is 0.300 e. The van der Waals surface area contributed by atoms with Crippen LogP contribution >= 0.6 is 11.6 Å². The van der Waals surface area contributed by atoms with Crippen LogP contribution in [0.5, 0.6) is 5.75 Å². The number of carbonyl (C=O) groups is 2. The molecule has 0 aromatic heterocycles. The summed E-state index contributed by atoms with van der Waals surface area (Å²) in [5.74, 6) is -2.02. The number of benzene rings is 3. The average molecular weight is 522 g/mol. The van der Waals surface area contributed by atoms with Crippen LogP contribution in [-0.2, 0) is 15.0 Å². The number of hydrogen-bond acceptors (Lipinski definition) is 4. The van der Waals surface area contributed by atoms with E-state index in [-0.39, 0.29) is 33.6 Å². The van der Waals surface area contributed by atoms with Crippen LogP contribution in [0.1, 0.15) is 57.4 Å². The third-order valence-corrected chi connectivity index (χ3v) is 6.51. The summed E-state index contributed by atoms with van der Waals surface area (Å²) in [7, 11) is 0. The second-order valence-corrected chi connectivity index (χ2v) is 10.7. The number of Topliss-reactive ketones (excluding diaryl/α,β-unsaturated/α-hetero) is 1. The van der Waals surface area contributed by atoms with Gasteiger partial charge in [-0.25, -0.2) is 4.39 Å². The zero-order chi connectivity index (χ0) is 27.1. The first-order chi connectivity index (χ1) is 17.4. The van der Waals surface area contributed by atoms with Crippen LogP contribution in [0.25, 0.3) is 5.76 Å². The Morgan fingerprint density at radius 2 is 1.62 bits per heavy atom. The summed E-state index contributed by atoms with van der Waals surface area (Å²) in [4.78, 5) is 27.9. The van der Waals surface area contributed by atoms with Crippen molar-refractivity contribution in [1.82, 2.24) is 0 Å². The standard InChI is InChI=1S/C30H29ClFNO4/c1-17(2)37-22-13-8-19(9-14-22)27(34)25-26(18-6-10-20(11-7-18)30(3,4)5)33(29(36)28(25)35)21-12-15-24(32)23(31)16-21/h6-17,26,34H,1-5H3/b27-25+. The molecule has 5 nitrogen and oxygen atoms in total. The van der Waals surface area contributed by atoms with Gasteiger partial charge in [0.1, 0.15) is 17.3 Å². The van der Waals surface area contributed by atoms with Crippen molar-refractivity contribution in [2.45, 2.75) is 52.2 Å². The first-order valence-electron chi connectivity index (χ1n) is 12.0. The summed E-state index contributed by atoms with van der Waals surface area (Å²) < 4.78 is 19.6. The van der Waals surface area contributed by atoms with Crippen LogP contribution < -0.4 is 9.64 Å². The van der Waals surface area contributed by atoms with E-state index in [1.54, 1.807) is 24.3 Å². The van der Waals surface area contributed by atoms with Gasteiger partial charge in [0.05, 0.1) is 22.7 Å². The molecule has 1 aliphatic heterocycles. The minimum atomic E-state index is -0.942. The van der Waals surface area contributed by atoms with Crippen molar-refractivity contribution < 1.29 is 23.8 Å². The number of carbonyl (C=O) groups excluding carboxylic acids is 2. The lowest BCUT2D eigenvalue weighted by molar-refractivity contribution is -0.132. The predicted octanol–water partition coefficient (Wildman–Crippen LogP) is 7.19. The third-order valence-electron chi connectivity index (χ3n) is 6.22. The normalized spacial score (nSPS) is 17.5. The second kappa shape index (κ2) is 10.0. The highest BCUT2D eigenvalue weighted by atomic mass is 35.5. The summed E-state index contributed by atoms with van der Waals surface area (Å²) in [5.41, 5.74) is 2.13. The van der Waals surface area contributed by atoms with Gasteiger partial charge in [-0.3, -0.25) is 14.5 Å². The van der Waals surface area contributed by atoms with Crippen molar-refractivity contribution in [3.05, 3.63) is 99.8 Å². The van der Waals surface area contributed by atoms with Crippen molar-refractivity contribution in [1.29, 1.82) is 0 Å². The molecule has 1 N–H and O–H groups in total. The molecule has 1 fully saturated rings. The van der Waals surface area contributed by atoms with E-state index in [9.17, 15) is 19.1 Å². The molecule has 1 unspecified atom stereocenters. The molecule has 0 bridgehead atoms. The Bertz CT molecular complexity index is 1370. The maximum absolute atomic E-state index is 13.9. The topological polar surface area (TPSA) is 66.8 Å². The second-order valence-electron chi connectivity index (χ2n) is 10.3. The third kappa shape index (κ3) is 5.25. The van der Waals surface area contributed by atoms with Gasteiger partial charge in [0.15, 0.2) is 0 Å². The molecule has 1 aliphatic rings. The van der Waals surface area contributed by atoms with Crippen LogP contribution in [0, 0.1) is 5.82 Å². The highest BCUT2D eigenvalue weighted by Gasteiger charge is 2.47. The largest absolute Gasteiger partial charge is 0.507 e. The first kappa shape index (κ1) is 26.4. The van der Waals surface area contributed by atoms with Crippen molar-refractivity contribution in [3.8, 4) is 5.75 Å². The molecule has 0 radical (unpaired) electrons. The summed E-state index contributed by atoms with van der Waals surface area (Å²) in [6.45, 7) is 10.1. The highest BCUT2D eigenvalue weighted by molar-refractivity contribution is 6.51. The number of amides is 1. The van der Waals surface area contributed by atoms with Crippen LogP contribution in [0.15, 0.2) is 72.3 Å². The van der Waals surface area contributed by atoms with Crippen molar-refractivity contribution in [2.75, 3.05) is 4.90 Å². The Morgan fingerprint density at radius 3 is 2.16 bits per heavy atom. The van der Waals surface area contributed by atoms with Crippen LogP contribution in [0.2, 0.25) is 5.02 Å². The number of nitrogens with zero attached hydrogens (tertiary/aromatic N) is 1. The van der Waals surface area contributed by atoms with E-state index in [4.69, 9.17) is 16.3 Å². The van der Waals surface area contributed by atoms with Crippen molar-refractivity contribution in [2.24, 2.45) is 0 Å². The van der Waals surface area contributed by atoms with Crippen molar-refractivity contribution in [3.63, 3.8) is 0 Å². The molecule has 0 spiro atoms. The number of halogens is 2. The number of aliphatic hydroxyl groups excluding tert-OH is 1. The Balaban J connectivity index is 1.88. The number of ether oxygens (including phenoxy) is 1. The summed E-state index contributed by atoms with van der Waals surface area (Å²) in [6, 6.07) is 17.1. The number of aliphatic hydroxyl groups is 1. The molecule has 3 aromatic carbocycles. The molecule has 192 valence electrons. The Morgan fingerprint density at radius 1 is 1.00 bits per heavy atom. The number of ketones is 1. The van der Waals surface area contributed by atoms with E-state index >= 15 is 0 Å². The maximum atomic E-state index is 13.9. The minimum absolute atomic E-state index is 0.0247. The zero-order valence-corrected chi connectivity index (χ0v) is 22.1. The Kier molecular flexibility index (Phi) is 7.16. The van der Waals surface area contributed by atoms with Gasteiger partial charge >= 0.3 is 0 Å². The van der Waals surface area contributed by atoms with Gasteiger partial charge in [0, 0.05) is 11.3 Å². The molecule has 1 saturated heterocycles. The SMILES string of the molecule is CC(C)Oc1ccc(/C(O)=C2\C(=O)C(=O)N(c3ccc(F)c(Cl)c3)C2c2ccc(C(C)(C)C)cc2)cc1. The van der Waals surface area contributed by atoms with Crippen LogP contribution in [0.4, 0.5) is 10.1 Å². The average Bonchev–Trinajstić information content (AvgIpc) is 3.10. The lowest BCUT2D eigenvalue weighted by Crippen LogP contribution is -2.29. The fourth-order valence-corrected chi connectivity index (χ4v) is 4.51. The summed E-state index contributed by atoms with van der Waals surface area (Å²) in [6.07, 6.45) is -0.0247. The monoisotopic (exact) mass is 521 g/mol. The molecule has 4 rings (SSSR count). The van der Waals surface area contributed by atoms with Gasteiger partial charge in [-0.05, 0) is 72.9 Å². The molecular weight excluding hydrogens is 493 g/mol. The van der Waals surface area contributed by atoms with Gasteiger partial charge in [-0.15, -0.1) is 0 Å². The van der Waals surface area contributed by atoms with E-state index < -0.39 is 23.5 Å². The molecule has 1 atom stereocenters. The molecule has 3 aromatic rings. The van der Waals surface area contributed by atoms with E-state index in [0.29, 0.717) is 16.9 Å². The van der Waals surface area contributed by atoms with Gasteiger partial charge in [-0.1, -0.05) is 56.6 Å². The molecule has 0 aliphatic carbocycles. The Labute approximate surface area is 221 Å². The van der Waals surface area contributed by atoms with Gasteiger partial charge in [0.25, 0.3) is 11.7 Å². The van der Waals surface area contributed by atoms with Crippen LogP contribution in [-0.4, -0.2) is 22.9 Å². The number of anilines is 1. The molecule has 1 amide bonds.